The van der Waals surface area contributed by atoms with Crippen LogP contribution in [0.15, 0.2) is 0 Å². The van der Waals surface area contributed by atoms with Crippen molar-refractivity contribution in [3.05, 3.63) is 0 Å². The van der Waals surface area contributed by atoms with Crippen LogP contribution in [0.2, 0.25) is 0 Å². The van der Waals surface area contributed by atoms with E-state index < -0.39 is 32.6 Å². The van der Waals surface area contributed by atoms with Crippen molar-refractivity contribution < 1.29 is 17.9 Å². The van der Waals surface area contributed by atoms with E-state index in [1.165, 1.54) is 4.31 Å². The molecule has 1 saturated heterocycles. The second-order valence-corrected chi connectivity index (χ2v) is 8.85. The van der Waals surface area contributed by atoms with E-state index in [-0.39, 0.29) is 19.4 Å². The van der Waals surface area contributed by atoms with E-state index in [1.807, 2.05) is 0 Å². The monoisotopic (exact) mass is 265 g/mol. The predicted molar refractivity (Wildman–Crippen MR) is 62.9 cm³/mol. The van der Waals surface area contributed by atoms with Crippen molar-refractivity contribution in [2.45, 2.75) is 62.6 Å². The Kier molecular flexibility index (Phi) is 2.84. The molecule has 0 aromatic carbocycles. The molecule has 1 aliphatic carbocycles. The maximum atomic E-state index is 13.1. The quantitative estimate of drug-likeness (QED) is 0.771. The SMILES string of the molecule is CC(C)(C)S(=O)(=O)N1CC(O)CC12CC(F)C2. The van der Waals surface area contributed by atoms with Gasteiger partial charge in [0.25, 0.3) is 0 Å². The highest BCUT2D eigenvalue weighted by atomic mass is 32.2. The van der Waals surface area contributed by atoms with Gasteiger partial charge < -0.3 is 5.11 Å². The highest BCUT2D eigenvalue weighted by molar-refractivity contribution is 7.90. The minimum Gasteiger partial charge on any atom is -0.392 e. The van der Waals surface area contributed by atoms with Crippen molar-refractivity contribution in [1.29, 1.82) is 0 Å². The summed E-state index contributed by atoms with van der Waals surface area (Å²) in [7, 11) is -3.49. The minimum absolute atomic E-state index is 0.103. The average molecular weight is 265 g/mol. The summed E-state index contributed by atoms with van der Waals surface area (Å²) in [6.45, 7) is 5.00. The number of halogens is 1. The van der Waals surface area contributed by atoms with Crippen LogP contribution in [0, 0.1) is 0 Å². The molecule has 1 N–H and O–H groups in total. The molecule has 17 heavy (non-hydrogen) atoms. The van der Waals surface area contributed by atoms with Crippen molar-refractivity contribution >= 4 is 10.0 Å². The molecule has 2 aliphatic rings. The van der Waals surface area contributed by atoms with E-state index in [9.17, 15) is 17.9 Å². The Morgan fingerprint density at radius 2 is 1.82 bits per heavy atom. The fourth-order valence-corrected chi connectivity index (χ4v) is 4.57. The lowest BCUT2D eigenvalue weighted by Gasteiger charge is -2.48. The third kappa shape index (κ3) is 1.90. The molecule has 1 spiro atoms. The summed E-state index contributed by atoms with van der Waals surface area (Å²) in [6.07, 6.45) is -0.792. The second-order valence-electron chi connectivity index (χ2n) is 6.24. The summed E-state index contributed by atoms with van der Waals surface area (Å²) in [4.78, 5) is 0. The molecule has 0 aromatic heterocycles. The number of hydrogen-bond donors (Lipinski definition) is 1. The molecule has 4 nitrogen and oxygen atoms in total. The maximum absolute atomic E-state index is 13.1. The molecule has 0 bridgehead atoms. The van der Waals surface area contributed by atoms with Gasteiger partial charge in [0.1, 0.15) is 6.17 Å². The Morgan fingerprint density at radius 3 is 2.24 bits per heavy atom. The smallest absolute Gasteiger partial charge is 0.219 e. The number of nitrogens with zero attached hydrogens (tertiary/aromatic N) is 1. The molecule has 1 heterocycles. The van der Waals surface area contributed by atoms with Gasteiger partial charge in [-0.05, 0) is 40.0 Å². The molecule has 100 valence electrons. The first-order chi connectivity index (χ1) is 7.58. The number of aliphatic hydroxyl groups excluding tert-OH is 1. The lowest BCUT2D eigenvalue weighted by Crippen LogP contribution is -2.59. The van der Waals surface area contributed by atoms with Crippen LogP contribution in [-0.4, -0.2) is 46.9 Å². The minimum atomic E-state index is -3.49. The molecule has 1 atom stereocenters. The van der Waals surface area contributed by atoms with Crippen LogP contribution in [-0.2, 0) is 10.0 Å². The van der Waals surface area contributed by atoms with Gasteiger partial charge in [-0.1, -0.05) is 0 Å². The Labute approximate surface area is 102 Å². The number of sulfonamides is 1. The van der Waals surface area contributed by atoms with Gasteiger partial charge in [-0.25, -0.2) is 12.8 Å². The molecule has 1 unspecified atom stereocenters. The predicted octanol–water partition coefficient (Wildman–Crippen LogP) is 1.05. The van der Waals surface area contributed by atoms with Crippen molar-refractivity contribution in [2.75, 3.05) is 6.54 Å². The zero-order chi connectivity index (χ0) is 13.1. The van der Waals surface area contributed by atoms with E-state index >= 15 is 0 Å². The maximum Gasteiger partial charge on any atom is 0.219 e. The summed E-state index contributed by atoms with van der Waals surface area (Å²) in [5.74, 6) is 0. The number of aliphatic hydroxyl groups is 1. The van der Waals surface area contributed by atoms with Gasteiger partial charge in [0, 0.05) is 12.1 Å². The van der Waals surface area contributed by atoms with Crippen molar-refractivity contribution in [2.24, 2.45) is 0 Å². The summed E-state index contributed by atoms with van der Waals surface area (Å²) in [6, 6.07) is 0. The molecule has 0 amide bonds. The van der Waals surface area contributed by atoms with Crippen molar-refractivity contribution in [3.8, 4) is 0 Å². The molecule has 0 aromatic rings. The van der Waals surface area contributed by atoms with Crippen LogP contribution in [0.3, 0.4) is 0 Å². The zero-order valence-electron chi connectivity index (χ0n) is 10.5. The fourth-order valence-electron chi connectivity index (χ4n) is 2.81. The molecular weight excluding hydrogens is 245 g/mol. The van der Waals surface area contributed by atoms with Gasteiger partial charge in [-0.2, -0.15) is 4.31 Å². The number of hydrogen-bond acceptors (Lipinski definition) is 3. The van der Waals surface area contributed by atoms with Crippen LogP contribution in [0.25, 0.3) is 0 Å². The van der Waals surface area contributed by atoms with Gasteiger partial charge in [0.2, 0.25) is 10.0 Å². The third-order valence-corrected chi connectivity index (χ3v) is 6.45. The van der Waals surface area contributed by atoms with Gasteiger partial charge in [0.15, 0.2) is 0 Å². The van der Waals surface area contributed by atoms with E-state index in [0.29, 0.717) is 6.42 Å². The van der Waals surface area contributed by atoms with E-state index in [4.69, 9.17) is 0 Å². The second kappa shape index (κ2) is 3.65. The van der Waals surface area contributed by atoms with Crippen LogP contribution >= 0.6 is 0 Å². The van der Waals surface area contributed by atoms with Gasteiger partial charge in [-0.15, -0.1) is 0 Å². The Balaban J connectivity index is 2.32. The van der Waals surface area contributed by atoms with Gasteiger partial charge in [0.05, 0.1) is 10.9 Å². The van der Waals surface area contributed by atoms with Gasteiger partial charge in [-0.3, -0.25) is 0 Å². The summed E-state index contributed by atoms with van der Waals surface area (Å²) in [5, 5.41) is 9.69. The summed E-state index contributed by atoms with van der Waals surface area (Å²) >= 11 is 0. The highest BCUT2D eigenvalue weighted by Gasteiger charge is 2.59. The van der Waals surface area contributed by atoms with Crippen LogP contribution in [0.1, 0.15) is 40.0 Å². The topological polar surface area (TPSA) is 57.6 Å². The summed E-state index contributed by atoms with van der Waals surface area (Å²) < 4.78 is 38.3. The Morgan fingerprint density at radius 1 is 1.29 bits per heavy atom. The lowest BCUT2D eigenvalue weighted by molar-refractivity contribution is 0.0296. The molecule has 1 aliphatic heterocycles. The average Bonchev–Trinajstić information content (AvgIpc) is 2.40. The third-order valence-electron chi connectivity index (χ3n) is 3.79. The zero-order valence-corrected chi connectivity index (χ0v) is 11.3. The normalized spacial score (nSPS) is 39.6. The number of β-amino-alcohol motifs (C(OH)–C–C–N with tert-alkyl or cyclic N) is 1. The molecule has 2 fully saturated rings. The van der Waals surface area contributed by atoms with Crippen LogP contribution < -0.4 is 0 Å². The molecule has 2 rings (SSSR count). The lowest BCUT2D eigenvalue weighted by atomic mass is 9.74. The first-order valence-corrected chi connectivity index (χ1v) is 7.37. The molecule has 0 radical (unpaired) electrons. The standard InChI is InChI=1S/C11H20FNO3S/c1-10(2,3)17(15,16)13-7-9(14)6-11(13)4-8(12)5-11/h8-9,14H,4-7H2,1-3H3. The molecular formula is C11H20FNO3S. The van der Waals surface area contributed by atoms with Gasteiger partial charge >= 0.3 is 0 Å². The highest BCUT2D eigenvalue weighted by Crippen LogP contribution is 2.49. The summed E-state index contributed by atoms with van der Waals surface area (Å²) in [5.41, 5.74) is -0.662. The van der Waals surface area contributed by atoms with E-state index in [2.05, 4.69) is 0 Å². The Bertz CT molecular complexity index is 409. The van der Waals surface area contributed by atoms with Crippen LogP contribution in [0.5, 0.6) is 0 Å². The van der Waals surface area contributed by atoms with Crippen LogP contribution in [0.4, 0.5) is 4.39 Å². The van der Waals surface area contributed by atoms with E-state index in [1.54, 1.807) is 20.8 Å². The largest absolute Gasteiger partial charge is 0.392 e. The first kappa shape index (κ1) is 13.2. The van der Waals surface area contributed by atoms with Crippen molar-refractivity contribution in [1.82, 2.24) is 4.31 Å². The number of alkyl halides is 1. The van der Waals surface area contributed by atoms with E-state index in [0.717, 1.165) is 0 Å². The Hall–Kier alpha value is -0.200. The molecule has 1 saturated carbocycles. The molecule has 6 heteroatoms. The fraction of sp³-hybridized carbons (Fsp3) is 1.00. The van der Waals surface area contributed by atoms with Crippen molar-refractivity contribution in [3.63, 3.8) is 0 Å². The first-order valence-electron chi connectivity index (χ1n) is 5.93. The number of rotatable bonds is 1.